The fourth-order valence-corrected chi connectivity index (χ4v) is 6.16. The number of hydrogen-bond acceptors (Lipinski definition) is 5. The molecule has 7 nitrogen and oxygen atoms in total. The van der Waals surface area contributed by atoms with Gasteiger partial charge in [-0.15, -0.1) is 0 Å². The van der Waals surface area contributed by atoms with Crippen LogP contribution in [-0.4, -0.2) is 43.4 Å². The molecule has 3 aromatic rings. The lowest BCUT2D eigenvalue weighted by atomic mass is 10.0. The quantitative estimate of drug-likeness (QED) is 0.599. The van der Waals surface area contributed by atoms with E-state index >= 15 is 0 Å². The Bertz CT molecular complexity index is 1280. The number of rotatable bonds is 4. The number of piperidine rings is 1. The molecule has 1 amide bonds. The Kier molecular flexibility index (Phi) is 6.00. The van der Waals surface area contributed by atoms with E-state index in [4.69, 9.17) is 4.74 Å². The third-order valence-corrected chi connectivity index (χ3v) is 8.70. The van der Waals surface area contributed by atoms with E-state index in [1.807, 2.05) is 29.8 Å². The predicted octanol–water partition coefficient (Wildman–Crippen LogP) is 3.41. The predicted molar refractivity (Wildman–Crippen MR) is 121 cm³/mol. The molecule has 9 heteroatoms. The van der Waals surface area contributed by atoms with Crippen LogP contribution in [0, 0.1) is 5.92 Å². The van der Waals surface area contributed by atoms with Crippen molar-refractivity contribution in [2.24, 2.45) is 18.0 Å². The minimum Gasteiger partial charge on any atom is -0.497 e. The molecule has 1 saturated heterocycles. The number of ether oxygens (including phenoxy) is 1. The van der Waals surface area contributed by atoms with Gasteiger partial charge in [0.2, 0.25) is 10.0 Å². The number of carbonyl (C=O) groups is 1. The van der Waals surface area contributed by atoms with Crippen LogP contribution in [0.4, 0.5) is 0 Å². The number of sulfonamides is 1. The summed E-state index contributed by atoms with van der Waals surface area (Å²) >= 11 is 1.40. The number of benzene rings is 2. The highest BCUT2D eigenvalue weighted by Gasteiger charge is 2.28. The van der Waals surface area contributed by atoms with Crippen LogP contribution in [0.5, 0.6) is 5.75 Å². The first-order chi connectivity index (χ1) is 14.8. The fourth-order valence-electron chi connectivity index (χ4n) is 3.64. The Morgan fingerprint density at radius 3 is 2.45 bits per heavy atom. The number of aryl methyl sites for hydroxylation is 1. The smallest absolute Gasteiger partial charge is 0.279 e. The first-order valence-corrected chi connectivity index (χ1v) is 12.4. The van der Waals surface area contributed by atoms with Gasteiger partial charge in [-0.1, -0.05) is 18.3 Å². The van der Waals surface area contributed by atoms with Gasteiger partial charge in [-0.05, 0) is 61.2 Å². The third-order valence-electron chi connectivity index (χ3n) is 5.70. The monoisotopic (exact) mass is 459 g/mol. The maximum atomic E-state index is 12.9. The first-order valence-electron chi connectivity index (χ1n) is 10.1. The lowest BCUT2D eigenvalue weighted by Crippen LogP contribution is -2.37. The van der Waals surface area contributed by atoms with Crippen molar-refractivity contribution in [3.63, 3.8) is 0 Å². The van der Waals surface area contributed by atoms with Gasteiger partial charge in [-0.2, -0.15) is 9.30 Å². The topological polar surface area (TPSA) is 81.0 Å². The third kappa shape index (κ3) is 4.30. The molecule has 0 saturated carbocycles. The normalized spacial score (nSPS) is 16.7. The van der Waals surface area contributed by atoms with Crippen LogP contribution >= 0.6 is 11.3 Å². The van der Waals surface area contributed by atoms with E-state index < -0.39 is 15.9 Å². The second-order valence-electron chi connectivity index (χ2n) is 7.81. The standard InChI is InChI=1S/C22H25N3O4S2/c1-15-10-12-25(13-11-15)31(27,28)18-7-4-16(5-8-18)21(26)23-22-24(2)19-9-6-17(29-3)14-20(19)30-22/h4-9,14-15H,10-13H2,1-3H3. The molecule has 1 aliphatic heterocycles. The minimum absolute atomic E-state index is 0.207. The molecule has 0 radical (unpaired) electrons. The second kappa shape index (κ2) is 8.57. The van der Waals surface area contributed by atoms with E-state index in [-0.39, 0.29) is 4.90 Å². The Labute approximate surface area is 185 Å². The molecule has 31 heavy (non-hydrogen) atoms. The second-order valence-corrected chi connectivity index (χ2v) is 10.8. The van der Waals surface area contributed by atoms with Crippen LogP contribution in [0.3, 0.4) is 0 Å². The Morgan fingerprint density at radius 1 is 1.13 bits per heavy atom. The van der Waals surface area contributed by atoms with Gasteiger partial charge >= 0.3 is 0 Å². The van der Waals surface area contributed by atoms with Crippen molar-refractivity contribution in [1.82, 2.24) is 8.87 Å². The van der Waals surface area contributed by atoms with E-state index in [1.54, 1.807) is 7.11 Å². The molecule has 0 atom stereocenters. The van der Waals surface area contributed by atoms with E-state index in [2.05, 4.69) is 11.9 Å². The van der Waals surface area contributed by atoms with Gasteiger partial charge in [-0.25, -0.2) is 8.42 Å². The van der Waals surface area contributed by atoms with Gasteiger partial charge in [-0.3, -0.25) is 4.79 Å². The maximum Gasteiger partial charge on any atom is 0.279 e. The highest BCUT2D eigenvalue weighted by atomic mass is 32.2. The van der Waals surface area contributed by atoms with Crippen LogP contribution in [-0.2, 0) is 17.1 Å². The summed E-state index contributed by atoms with van der Waals surface area (Å²) in [6, 6.07) is 11.7. The molecule has 1 aromatic heterocycles. The summed E-state index contributed by atoms with van der Waals surface area (Å²) < 4.78 is 35.3. The van der Waals surface area contributed by atoms with E-state index in [0.29, 0.717) is 29.4 Å². The molecule has 0 spiro atoms. The van der Waals surface area contributed by atoms with E-state index in [1.165, 1.54) is 39.9 Å². The molecule has 1 aliphatic rings. The van der Waals surface area contributed by atoms with Gasteiger partial charge in [0.25, 0.3) is 5.91 Å². The summed E-state index contributed by atoms with van der Waals surface area (Å²) in [5.41, 5.74) is 1.30. The van der Waals surface area contributed by atoms with Crippen molar-refractivity contribution in [1.29, 1.82) is 0 Å². The summed E-state index contributed by atoms with van der Waals surface area (Å²) in [6.45, 7) is 3.21. The summed E-state index contributed by atoms with van der Waals surface area (Å²) in [5, 5.41) is 0. The van der Waals surface area contributed by atoms with Crippen molar-refractivity contribution in [2.45, 2.75) is 24.7 Å². The van der Waals surface area contributed by atoms with Crippen molar-refractivity contribution in [3.05, 3.63) is 52.8 Å². The van der Waals surface area contributed by atoms with Gasteiger partial charge in [0.05, 0.1) is 22.2 Å². The zero-order valence-corrected chi connectivity index (χ0v) is 19.4. The number of carbonyl (C=O) groups excluding carboxylic acids is 1. The molecular weight excluding hydrogens is 434 g/mol. The summed E-state index contributed by atoms with van der Waals surface area (Å²) in [5.74, 6) is 0.876. The van der Waals surface area contributed by atoms with Crippen molar-refractivity contribution in [3.8, 4) is 5.75 Å². The Morgan fingerprint density at radius 2 is 1.81 bits per heavy atom. The molecule has 2 heterocycles. The maximum absolute atomic E-state index is 12.9. The number of methoxy groups -OCH3 is 1. The Hall–Kier alpha value is -2.49. The SMILES string of the molecule is COc1ccc2c(c1)sc(=NC(=O)c1ccc(S(=O)(=O)N3CCC(C)CC3)cc1)n2C. The molecule has 4 rings (SSSR count). The molecule has 0 aliphatic carbocycles. The van der Waals surface area contributed by atoms with Crippen LogP contribution in [0.25, 0.3) is 10.2 Å². The molecule has 2 aromatic carbocycles. The van der Waals surface area contributed by atoms with Gasteiger partial charge in [0.15, 0.2) is 4.80 Å². The summed E-state index contributed by atoms with van der Waals surface area (Å²) in [6.07, 6.45) is 1.74. The lowest BCUT2D eigenvalue weighted by Gasteiger charge is -2.29. The minimum atomic E-state index is -3.54. The first kappa shape index (κ1) is 21.7. The number of nitrogens with zero attached hydrogens (tertiary/aromatic N) is 3. The molecule has 0 N–H and O–H groups in total. The van der Waals surface area contributed by atoms with Crippen molar-refractivity contribution >= 4 is 37.5 Å². The van der Waals surface area contributed by atoms with E-state index in [9.17, 15) is 13.2 Å². The molecular formula is C22H25N3O4S2. The largest absolute Gasteiger partial charge is 0.497 e. The average Bonchev–Trinajstić information content (AvgIpc) is 3.08. The molecule has 0 unspecified atom stereocenters. The molecule has 164 valence electrons. The Balaban J connectivity index is 1.59. The number of amides is 1. The van der Waals surface area contributed by atoms with Crippen LogP contribution < -0.4 is 9.54 Å². The summed E-state index contributed by atoms with van der Waals surface area (Å²) in [7, 11) is -0.0759. The number of aromatic nitrogens is 1. The zero-order chi connectivity index (χ0) is 22.2. The van der Waals surface area contributed by atoms with Crippen LogP contribution in [0.1, 0.15) is 30.1 Å². The van der Waals surface area contributed by atoms with Crippen molar-refractivity contribution < 1.29 is 17.9 Å². The van der Waals surface area contributed by atoms with Crippen molar-refractivity contribution in [2.75, 3.05) is 20.2 Å². The summed E-state index contributed by atoms with van der Waals surface area (Å²) in [4.78, 5) is 17.7. The van der Waals surface area contributed by atoms with Gasteiger partial charge in [0.1, 0.15) is 5.75 Å². The number of thiazole rings is 1. The number of fused-ring (bicyclic) bond motifs is 1. The molecule has 1 fully saturated rings. The van der Waals surface area contributed by atoms with Gasteiger partial charge in [0, 0.05) is 25.7 Å². The highest BCUT2D eigenvalue weighted by molar-refractivity contribution is 7.89. The van der Waals surface area contributed by atoms with Crippen LogP contribution in [0.2, 0.25) is 0 Å². The van der Waals surface area contributed by atoms with Crippen LogP contribution in [0.15, 0.2) is 52.4 Å². The average molecular weight is 460 g/mol. The fraction of sp³-hybridized carbons (Fsp3) is 0.364. The zero-order valence-electron chi connectivity index (χ0n) is 17.7. The highest BCUT2D eigenvalue weighted by Crippen LogP contribution is 2.24. The van der Waals surface area contributed by atoms with E-state index in [0.717, 1.165) is 28.8 Å². The van der Waals surface area contributed by atoms with Gasteiger partial charge < -0.3 is 9.30 Å². The molecule has 0 bridgehead atoms. The lowest BCUT2D eigenvalue weighted by molar-refractivity contribution is 0.0998. The number of hydrogen-bond donors (Lipinski definition) is 0.